The van der Waals surface area contributed by atoms with E-state index >= 15 is 0 Å². The molecule has 0 aromatic heterocycles. The topological polar surface area (TPSA) is 61.9 Å². The maximum absolute atomic E-state index is 12.4. The number of rotatable bonds is 6. The fraction of sp³-hybridized carbons (Fsp3) is 0.636. The number of hydrogen-bond acceptors (Lipinski definition) is 4. The largest absolute Gasteiger partial charge is 0.493 e. The molecule has 154 valence electrons. The molecule has 2 aliphatic rings. The van der Waals surface area contributed by atoms with Gasteiger partial charge in [0, 0.05) is 57.5 Å². The van der Waals surface area contributed by atoms with E-state index in [0.717, 1.165) is 51.5 Å². The lowest BCUT2D eigenvalue weighted by molar-refractivity contribution is -0.133. The van der Waals surface area contributed by atoms with Gasteiger partial charge in [-0.25, -0.2) is 0 Å². The molecule has 1 aromatic rings. The van der Waals surface area contributed by atoms with Gasteiger partial charge in [-0.15, -0.1) is 0 Å². The predicted molar refractivity (Wildman–Crippen MR) is 109 cm³/mol. The van der Waals surface area contributed by atoms with E-state index in [0.29, 0.717) is 19.4 Å². The first-order chi connectivity index (χ1) is 13.3. The van der Waals surface area contributed by atoms with Gasteiger partial charge in [-0.3, -0.25) is 14.5 Å². The number of hydrogen-bond donors (Lipinski definition) is 1. The van der Waals surface area contributed by atoms with Gasteiger partial charge < -0.3 is 15.0 Å². The molecule has 0 aliphatic carbocycles. The first-order valence-electron chi connectivity index (χ1n) is 10.4. The van der Waals surface area contributed by atoms with E-state index < -0.39 is 0 Å². The molecule has 2 amide bonds. The highest BCUT2D eigenvalue weighted by Gasteiger charge is 2.23. The Labute approximate surface area is 168 Å². The summed E-state index contributed by atoms with van der Waals surface area (Å²) in [5.74, 6) is 1.25. The standard InChI is InChI=1S/C22H33N3O3/c1-22(2,3)21(27)23-9-4-5-20(26)25-12-10-24(11-13-25)16-17-6-7-19-18(15-17)8-14-28-19/h6-7,15H,4-5,8-14,16H2,1-3H3,(H,23,27). The van der Waals surface area contributed by atoms with Gasteiger partial charge in [0.1, 0.15) is 5.75 Å². The summed E-state index contributed by atoms with van der Waals surface area (Å²) >= 11 is 0. The molecule has 0 radical (unpaired) electrons. The molecule has 3 rings (SSSR count). The third-order valence-corrected chi connectivity index (χ3v) is 5.42. The first-order valence-corrected chi connectivity index (χ1v) is 10.4. The minimum absolute atomic E-state index is 0.0340. The third kappa shape index (κ3) is 5.47. The number of nitrogens with zero attached hydrogens (tertiary/aromatic N) is 2. The Balaban J connectivity index is 1.35. The van der Waals surface area contributed by atoms with Crippen LogP contribution in [0.3, 0.4) is 0 Å². The molecule has 6 nitrogen and oxygen atoms in total. The van der Waals surface area contributed by atoms with Crippen molar-refractivity contribution in [2.75, 3.05) is 39.3 Å². The average Bonchev–Trinajstić information content (AvgIpc) is 3.12. The van der Waals surface area contributed by atoms with Crippen molar-refractivity contribution in [2.24, 2.45) is 5.41 Å². The Morgan fingerprint density at radius 2 is 1.89 bits per heavy atom. The van der Waals surface area contributed by atoms with E-state index in [2.05, 4.69) is 28.4 Å². The number of benzene rings is 1. The summed E-state index contributed by atoms with van der Waals surface area (Å²) in [5, 5.41) is 2.91. The average molecular weight is 388 g/mol. The summed E-state index contributed by atoms with van der Waals surface area (Å²) in [6.07, 6.45) is 2.19. The Bertz CT molecular complexity index is 703. The van der Waals surface area contributed by atoms with Crippen molar-refractivity contribution >= 4 is 11.8 Å². The smallest absolute Gasteiger partial charge is 0.225 e. The van der Waals surface area contributed by atoms with Crippen molar-refractivity contribution in [3.05, 3.63) is 29.3 Å². The summed E-state index contributed by atoms with van der Waals surface area (Å²) in [4.78, 5) is 28.6. The van der Waals surface area contributed by atoms with Crippen LogP contribution in [0.1, 0.15) is 44.7 Å². The predicted octanol–water partition coefficient (Wildman–Crippen LogP) is 2.21. The Morgan fingerprint density at radius 1 is 1.14 bits per heavy atom. The molecule has 0 atom stereocenters. The zero-order chi connectivity index (χ0) is 20.1. The van der Waals surface area contributed by atoms with E-state index in [4.69, 9.17) is 4.74 Å². The summed E-state index contributed by atoms with van der Waals surface area (Å²) < 4.78 is 5.57. The molecule has 0 bridgehead atoms. The van der Waals surface area contributed by atoms with Crippen LogP contribution in [0.2, 0.25) is 0 Å². The summed E-state index contributed by atoms with van der Waals surface area (Å²) in [5.41, 5.74) is 2.25. The van der Waals surface area contributed by atoms with E-state index in [-0.39, 0.29) is 17.2 Å². The Kier molecular flexibility index (Phi) is 6.60. The minimum atomic E-state index is -0.383. The van der Waals surface area contributed by atoms with Gasteiger partial charge >= 0.3 is 0 Å². The van der Waals surface area contributed by atoms with Gasteiger partial charge in [-0.2, -0.15) is 0 Å². The first kappa shape index (κ1) is 20.6. The number of carbonyl (C=O) groups excluding carboxylic acids is 2. The van der Waals surface area contributed by atoms with Gasteiger partial charge in [-0.1, -0.05) is 32.9 Å². The van der Waals surface area contributed by atoms with Crippen molar-refractivity contribution < 1.29 is 14.3 Å². The lowest BCUT2D eigenvalue weighted by Gasteiger charge is -2.35. The quantitative estimate of drug-likeness (QED) is 0.761. The van der Waals surface area contributed by atoms with Crippen LogP contribution in [0.15, 0.2) is 18.2 Å². The second kappa shape index (κ2) is 8.95. The van der Waals surface area contributed by atoms with Gasteiger partial charge in [0.2, 0.25) is 11.8 Å². The molecule has 0 unspecified atom stereocenters. The lowest BCUT2D eigenvalue weighted by Crippen LogP contribution is -2.48. The van der Waals surface area contributed by atoms with Gasteiger partial charge in [0.15, 0.2) is 0 Å². The second-order valence-electron chi connectivity index (χ2n) is 8.81. The normalized spacial score (nSPS) is 17.2. The Hall–Kier alpha value is -2.08. The van der Waals surface area contributed by atoms with Gasteiger partial charge in [-0.05, 0) is 23.6 Å². The van der Waals surface area contributed by atoms with Crippen molar-refractivity contribution in [3.63, 3.8) is 0 Å². The zero-order valence-electron chi connectivity index (χ0n) is 17.4. The van der Waals surface area contributed by atoms with Crippen LogP contribution in [0.4, 0.5) is 0 Å². The van der Waals surface area contributed by atoms with Gasteiger partial charge in [0.05, 0.1) is 6.61 Å². The fourth-order valence-electron chi connectivity index (χ4n) is 3.62. The molecule has 1 N–H and O–H groups in total. The molecule has 2 aliphatic heterocycles. The van der Waals surface area contributed by atoms with Crippen LogP contribution < -0.4 is 10.1 Å². The molecule has 1 saturated heterocycles. The molecule has 2 heterocycles. The number of nitrogens with one attached hydrogen (secondary N) is 1. The highest BCUT2D eigenvalue weighted by molar-refractivity contribution is 5.81. The van der Waals surface area contributed by atoms with Crippen LogP contribution >= 0.6 is 0 Å². The number of fused-ring (bicyclic) bond motifs is 1. The minimum Gasteiger partial charge on any atom is -0.493 e. The summed E-state index contributed by atoms with van der Waals surface area (Å²) in [6.45, 7) is 11.3. The summed E-state index contributed by atoms with van der Waals surface area (Å²) in [6, 6.07) is 6.48. The second-order valence-corrected chi connectivity index (χ2v) is 8.81. The van der Waals surface area contributed by atoms with Crippen LogP contribution in [0.5, 0.6) is 5.75 Å². The lowest BCUT2D eigenvalue weighted by atomic mass is 9.96. The molecular formula is C22H33N3O3. The molecule has 0 saturated carbocycles. The van der Waals surface area contributed by atoms with Crippen molar-refractivity contribution in [1.29, 1.82) is 0 Å². The fourth-order valence-corrected chi connectivity index (χ4v) is 3.62. The maximum Gasteiger partial charge on any atom is 0.225 e. The highest BCUT2D eigenvalue weighted by atomic mass is 16.5. The van der Waals surface area contributed by atoms with Crippen molar-refractivity contribution in [2.45, 2.75) is 46.6 Å². The highest BCUT2D eigenvalue weighted by Crippen LogP contribution is 2.26. The van der Waals surface area contributed by atoms with Crippen molar-refractivity contribution in [3.8, 4) is 5.75 Å². The number of ether oxygens (including phenoxy) is 1. The molecule has 1 aromatic carbocycles. The van der Waals surface area contributed by atoms with Crippen LogP contribution in [0, 0.1) is 5.41 Å². The van der Waals surface area contributed by atoms with Crippen molar-refractivity contribution in [1.82, 2.24) is 15.1 Å². The zero-order valence-corrected chi connectivity index (χ0v) is 17.4. The third-order valence-electron chi connectivity index (χ3n) is 5.42. The molecule has 28 heavy (non-hydrogen) atoms. The molecular weight excluding hydrogens is 354 g/mol. The molecule has 0 spiro atoms. The number of carbonyl (C=O) groups is 2. The molecule has 1 fully saturated rings. The maximum atomic E-state index is 12.4. The Morgan fingerprint density at radius 3 is 2.61 bits per heavy atom. The van der Waals surface area contributed by atoms with E-state index in [1.165, 1.54) is 11.1 Å². The number of amides is 2. The molecule has 6 heteroatoms. The van der Waals surface area contributed by atoms with Crippen LogP contribution in [-0.2, 0) is 22.6 Å². The SMILES string of the molecule is CC(C)(C)C(=O)NCCCC(=O)N1CCN(Cc2ccc3c(c2)CCO3)CC1. The van der Waals surface area contributed by atoms with E-state index in [1.807, 2.05) is 25.7 Å². The van der Waals surface area contributed by atoms with Gasteiger partial charge in [0.25, 0.3) is 0 Å². The van der Waals surface area contributed by atoms with Crippen LogP contribution in [-0.4, -0.2) is 60.9 Å². The van der Waals surface area contributed by atoms with E-state index in [9.17, 15) is 9.59 Å². The summed E-state index contributed by atoms with van der Waals surface area (Å²) in [7, 11) is 0. The van der Waals surface area contributed by atoms with E-state index in [1.54, 1.807) is 0 Å². The number of piperazine rings is 1. The monoisotopic (exact) mass is 387 g/mol. The van der Waals surface area contributed by atoms with Crippen LogP contribution in [0.25, 0.3) is 0 Å².